The summed E-state index contributed by atoms with van der Waals surface area (Å²) in [5, 5.41) is 8.92. The predicted molar refractivity (Wildman–Crippen MR) is 60.4 cm³/mol. The molecule has 0 aromatic rings. The standard InChI is InChI=1S/C12H21NO2/c1-2-3-8-13(9-10-14)12(15)11-6-4-5-7-11/h4-5,11,14H,2-3,6-10H2,1H3. The summed E-state index contributed by atoms with van der Waals surface area (Å²) in [5.74, 6) is 0.343. The van der Waals surface area contributed by atoms with Gasteiger partial charge < -0.3 is 10.0 Å². The molecule has 1 rings (SSSR count). The van der Waals surface area contributed by atoms with Gasteiger partial charge in [-0.25, -0.2) is 0 Å². The zero-order valence-corrected chi connectivity index (χ0v) is 9.48. The zero-order valence-electron chi connectivity index (χ0n) is 9.48. The fourth-order valence-electron chi connectivity index (χ4n) is 1.88. The minimum atomic E-state index is 0.0651. The van der Waals surface area contributed by atoms with E-state index in [9.17, 15) is 4.79 Å². The number of aliphatic hydroxyl groups excluding tert-OH is 1. The Hall–Kier alpha value is -0.830. The third-order valence-corrected chi connectivity index (χ3v) is 2.82. The zero-order chi connectivity index (χ0) is 11.1. The van der Waals surface area contributed by atoms with Crippen LogP contribution in [-0.4, -0.2) is 35.6 Å². The molecule has 0 aliphatic heterocycles. The van der Waals surface area contributed by atoms with E-state index in [1.54, 1.807) is 4.90 Å². The van der Waals surface area contributed by atoms with Gasteiger partial charge in [0.2, 0.25) is 5.91 Å². The highest BCUT2D eigenvalue weighted by Gasteiger charge is 2.23. The summed E-state index contributed by atoms with van der Waals surface area (Å²) in [6.07, 6.45) is 7.98. The quantitative estimate of drug-likeness (QED) is 0.677. The van der Waals surface area contributed by atoms with Gasteiger partial charge in [0.25, 0.3) is 0 Å². The number of unbranched alkanes of at least 4 members (excludes halogenated alkanes) is 1. The van der Waals surface area contributed by atoms with Gasteiger partial charge in [-0.05, 0) is 19.3 Å². The molecule has 0 aromatic heterocycles. The number of carbonyl (C=O) groups excluding carboxylic acids is 1. The molecule has 0 saturated heterocycles. The van der Waals surface area contributed by atoms with Crippen LogP contribution < -0.4 is 0 Å². The van der Waals surface area contributed by atoms with Gasteiger partial charge in [-0.15, -0.1) is 0 Å². The Kier molecular flexibility index (Phi) is 5.40. The molecule has 0 aromatic carbocycles. The van der Waals surface area contributed by atoms with E-state index in [4.69, 9.17) is 5.11 Å². The molecule has 0 fully saturated rings. The van der Waals surface area contributed by atoms with Gasteiger partial charge in [0.1, 0.15) is 0 Å². The van der Waals surface area contributed by atoms with E-state index in [0.29, 0.717) is 6.54 Å². The average molecular weight is 211 g/mol. The number of amides is 1. The lowest BCUT2D eigenvalue weighted by molar-refractivity contribution is -0.135. The van der Waals surface area contributed by atoms with Crippen LogP contribution in [0, 0.1) is 5.92 Å². The minimum Gasteiger partial charge on any atom is -0.395 e. The van der Waals surface area contributed by atoms with Crippen molar-refractivity contribution in [3.8, 4) is 0 Å². The number of hydrogen-bond donors (Lipinski definition) is 1. The summed E-state index contributed by atoms with van der Waals surface area (Å²) in [5.41, 5.74) is 0. The van der Waals surface area contributed by atoms with Crippen LogP contribution in [0.15, 0.2) is 12.2 Å². The van der Waals surface area contributed by atoms with Crippen LogP contribution in [0.1, 0.15) is 32.6 Å². The van der Waals surface area contributed by atoms with E-state index in [1.165, 1.54) is 0 Å². The first-order valence-corrected chi connectivity index (χ1v) is 5.84. The number of allylic oxidation sites excluding steroid dienone is 2. The number of carbonyl (C=O) groups is 1. The molecule has 3 nitrogen and oxygen atoms in total. The van der Waals surface area contributed by atoms with Crippen molar-refractivity contribution in [3.05, 3.63) is 12.2 Å². The highest BCUT2D eigenvalue weighted by molar-refractivity contribution is 5.79. The molecule has 0 saturated carbocycles. The molecular weight excluding hydrogens is 190 g/mol. The van der Waals surface area contributed by atoms with E-state index >= 15 is 0 Å². The third kappa shape index (κ3) is 3.67. The van der Waals surface area contributed by atoms with E-state index in [1.807, 2.05) is 0 Å². The van der Waals surface area contributed by atoms with Crippen LogP contribution in [0.4, 0.5) is 0 Å². The summed E-state index contributed by atoms with van der Waals surface area (Å²) < 4.78 is 0. The Labute approximate surface area is 91.8 Å². The number of nitrogens with zero attached hydrogens (tertiary/aromatic N) is 1. The molecule has 1 aliphatic rings. The monoisotopic (exact) mass is 211 g/mol. The first-order chi connectivity index (χ1) is 7.29. The van der Waals surface area contributed by atoms with Gasteiger partial charge in [-0.3, -0.25) is 4.79 Å². The van der Waals surface area contributed by atoms with Crippen LogP contribution in [0.2, 0.25) is 0 Å². The van der Waals surface area contributed by atoms with Gasteiger partial charge in [0, 0.05) is 19.0 Å². The van der Waals surface area contributed by atoms with E-state index in [2.05, 4.69) is 19.1 Å². The molecule has 1 amide bonds. The van der Waals surface area contributed by atoms with Crippen molar-refractivity contribution in [1.29, 1.82) is 0 Å². The SMILES string of the molecule is CCCCN(CCO)C(=O)C1CC=CC1. The van der Waals surface area contributed by atoms with Crippen LogP contribution in [-0.2, 0) is 4.79 Å². The van der Waals surface area contributed by atoms with Gasteiger partial charge in [-0.1, -0.05) is 25.5 Å². The Balaban J connectivity index is 2.42. The van der Waals surface area contributed by atoms with Gasteiger partial charge in [-0.2, -0.15) is 0 Å². The van der Waals surface area contributed by atoms with Gasteiger partial charge >= 0.3 is 0 Å². The van der Waals surface area contributed by atoms with Crippen molar-refractivity contribution < 1.29 is 9.90 Å². The van der Waals surface area contributed by atoms with Crippen molar-refractivity contribution in [2.45, 2.75) is 32.6 Å². The van der Waals surface area contributed by atoms with Crippen molar-refractivity contribution in [2.75, 3.05) is 19.7 Å². The molecule has 86 valence electrons. The average Bonchev–Trinajstić information content (AvgIpc) is 2.76. The maximum Gasteiger partial charge on any atom is 0.226 e. The molecule has 0 radical (unpaired) electrons. The largest absolute Gasteiger partial charge is 0.395 e. The molecule has 0 spiro atoms. The number of rotatable bonds is 6. The number of aliphatic hydroxyl groups is 1. The van der Waals surface area contributed by atoms with E-state index in [0.717, 1.165) is 32.2 Å². The highest BCUT2D eigenvalue weighted by atomic mass is 16.3. The van der Waals surface area contributed by atoms with Crippen molar-refractivity contribution in [3.63, 3.8) is 0 Å². The molecular formula is C12H21NO2. The Bertz CT molecular complexity index is 218. The predicted octanol–water partition coefficient (Wildman–Crippen LogP) is 1.57. The first kappa shape index (κ1) is 12.2. The van der Waals surface area contributed by atoms with Crippen LogP contribution in [0.5, 0.6) is 0 Å². The van der Waals surface area contributed by atoms with Crippen molar-refractivity contribution in [1.82, 2.24) is 4.90 Å². The highest BCUT2D eigenvalue weighted by Crippen LogP contribution is 2.20. The molecule has 3 heteroatoms. The molecule has 15 heavy (non-hydrogen) atoms. The van der Waals surface area contributed by atoms with Crippen molar-refractivity contribution >= 4 is 5.91 Å². The molecule has 1 N–H and O–H groups in total. The molecule has 1 aliphatic carbocycles. The van der Waals surface area contributed by atoms with Crippen LogP contribution in [0.25, 0.3) is 0 Å². The first-order valence-electron chi connectivity index (χ1n) is 5.84. The summed E-state index contributed by atoms with van der Waals surface area (Å²) in [4.78, 5) is 13.8. The molecule has 0 heterocycles. The fourth-order valence-corrected chi connectivity index (χ4v) is 1.88. The lowest BCUT2D eigenvalue weighted by Crippen LogP contribution is -2.38. The molecule has 0 atom stereocenters. The lowest BCUT2D eigenvalue weighted by atomic mass is 10.1. The lowest BCUT2D eigenvalue weighted by Gasteiger charge is -2.24. The van der Waals surface area contributed by atoms with E-state index < -0.39 is 0 Å². The minimum absolute atomic E-state index is 0.0651. The number of hydrogen-bond acceptors (Lipinski definition) is 2. The second-order valence-corrected chi connectivity index (χ2v) is 4.04. The molecule has 0 unspecified atom stereocenters. The smallest absolute Gasteiger partial charge is 0.226 e. The fraction of sp³-hybridized carbons (Fsp3) is 0.750. The normalized spacial score (nSPS) is 15.9. The summed E-state index contributed by atoms with van der Waals surface area (Å²) in [6, 6.07) is 0. The summed E-state index contributed by atoms with van der Waals surface area (Å²) in [6.45, 7) is 3.44. The Morgan fingerprint density at radius 2 is 2.07 bits per heavy atom. The molecule has 0 bridgehead atoms. The van der Waals surface area contributed by atoms with Crippen molar-refractivity contribution in [2.24, 2.45) is 5.92 Å². The Morgan fingerprint density at radius 3 is 2.60 bits per heavy atom. The Morgan fingerprint density at radius 1 is 1.40 bits per heavy atom. The maximum atomic E-state index is 12.0. The topological polar surface area (TPSA) is 40.5 Å². The van der Waals surface area contributed by atoms with Gasteiger partial charge in [0.15, 0.2) is 0 Å². The third-order valence-electron chi connectivity index (χ3n) is 2.82. The van der Waals surface area contributed by atoms with Crippen LogP contribution >= 0.6 is 0 Å². The van der Waals surface area contributed by atoms with E-state index in [-0.39, 0.29) is 18.4 Å². The van der Waals surface area contributed by atoms with Gasteiger partial charge in [0.05, 0.1) is 6.61 Å². The summed E-state index contributed by atoms with van der Waals surface area (Å²) >= 11 is 0. The second-order valence-electron chi connectivity index (χ2n) is 4.04. The second kappa shape index (κ2) is 6.62. The maximum absolute atomic E-state index is 12.0. The van der Waals surface area contributed by atoms with Crippen LogP contribution in [0.3, 0.4) is 0 Å². The summed E-state index contributed by atoms with van der Waals surface area (Å²) in [7, 11) is 0.